The Kier molecular flexibility index (Phi) is 8.51. The smallest absolute Gasteiger partial charge is 0.0622 e. The molecule has 1 N–H and O–H groups in total. The van der Waals surface area contributed by atoms with Crippen molar-refractivity contribution >= 4 is 11.6 Å². The van der Waals surface area contributed by atoms with Gasteiger partial charge in [0.25, 0.3) is 0 Å². The average molecular weight is 206 g/mol. The molecule has 1 unspecified atom stereocenters. The largest absolute Gasteiger partial charge is 0.380 e. The minimum Gasteiger partial charge on any atom is -0.380 e. The maximum absolute atomic E-state index is 5.42. The topological polar surface area (TPSA) is 21.3 Å². The average Bonchev–Trinajstić information content (AvgIpc) is 2.10. The maximum atomic E-state index is 5.42. The van der Waals surface area contributed by atoms with Crippen LogP contribution in [-0.2, 0) is 4.74 Å². The quantitative estimate of drug-likeness (QED) is 0.689. The van der Waals surface area contributed by atoms with Gasteiger partial charge in [0.1, 0.15) is 0 Å². The maximum Gasteiger partial charge on any atom is 0.0622 e. The Labute approximate surface area is 86.3 Å². The monoisotopic (exact) mass is 205 g/mol. The van der Waals surface area contributed by atoms with Crippen LogP contribution in [0.15, 0.2) is 11.6 Å². The van der Waals surface area contributed by atoms with Crippen LogP contribution in [0.2, 0.25) is 0 Å². The number of halogens is 1. The van der Waals surface area contributed by atoms with Gasteiger partial charge in [-0.15, -0.1) is 0 Å². The summed E-state index contributed by atoms with van der Waals surface area (Å²) in [6, 6.07) is 0.410. The Balaban J connectivity index is 3.66. The molecule has 0 fully saturated rings. The van der Waals surface area contributed by atoms with E-state index in [9.17, 15) is 0 Å². The molecule has 0 spiro atoms. The molecule has 0 aliphatic carbocycles. The summed E-state index contributed by atoms with van der Waals surface area (Å²) in [5.74, 6) is 0.579. The minimum atomic E-state index is 0.410. The molecule has 0 heterocycles. The van der Waals surface area contributed by atoms with Crippen LogP contribution in [0.4, 0.5) is 0 Å². The van der Waals surface area contributed by atoms with E-state index < -0.39 is 0 Å². The van der Waals surface area contributed by atoms with Crippen LogP contribution in [0.1, 0.15) is 20.8 Å². The lowest BCUT2D eigenvalue weighted by Crippen LogP contribution is -2.38. The van der Waals surface area contributed by atoms with Crippen molar-refractivity contribution in [2.75, 3.05) is 19.8 Å². The molecule has 0 aliphatic rings. The number of ether oxygens (including phenoxy) is 1. The summed E-state index contributed by atoms with van der Waals surface area (Å²) in [6.45, 7) is 8.72. The van der Waals surface area contributed by atoms with Crippen LogP contribution in [0.25, 0.3) is 0 Å². The molecular formula is C10H20ClNO. The highest BCUT2D eigenvalue weighted by atomic mass is 35.5. The van der Waals surface area contributed by atoms with Gasteiger partial charge in [0, 0.05) is 24.7 Å². The van der Waals surface area contributed by atoms with Crippen LogP contribution < -0.4 is 5.32 Å². The Morgan fingerprint density at radius 2 is 2.15 bits per heavy atom. The van der Waals surface area contributed by atoms with Crippen molar-refractivity contribution in [1.82, 2.24) is 5.32 Å². The zero-order chi connectivity index (χ0) is 10.1. The fourth-order valence-electron chi connectivity index (χ4n) is 0.996. The molecule has 0 aromatic rings. The third-order valence-corrected chi connectivity index (χ3v) is 2.07. The molecule has 0 rings (SSSR count). The molecule has 0 saturated carbocycles. The van der Waals surface area contributed by atoms with Crippen molar-refractivity contribution < 1.29 is 4.74 Å². The summed E-state index contributed by atoms with van der Waals surface area (Å²) in [5.41, 5.74) is 1.53. The van der Waals surface area contributed by atoms with E-state index in [0.29, 0.717) is 12.0 Å². The molecule has 0 aromatic heterocycles. The Hall–Kier alpha value is -0.0500. The zero-order valence-electron chi connectivity index (χ0n) is 8.72. The molecule has 0 radical (unpaired) electrons. The van der Waals surface area contributed by atoms with E-state index >= 15 is 0 Å². The third-order valence-electron chi connectivity index (χ3n) is 1.89. The molecule has 0 bridgehead atoms. The fraction of sp³-hybridized carbons (Fsp3) is 0.800. The van der Waals surface area contributed by atoms with Crippen LogP contribution in [0.3, 0.4) is 0 Å². The molecule has 3 heteroatoms. The van der Waals surface area contributed by atoms with Gasteiger partial charge in [-0.1, -0.05) is 31.5 Å². The molecule has 2 nitrogen and oxygen atoms in total. The van der Waals surface area contributed by atoms with Crippen molar-refractivity contribution in [3.63, 3.8) is 0 Å². The molecule has 1 atom stereocenters. The number of hydrogen-bond donors (Lipinski definition) is 1. The van der Waals surface area contributed by atoms with Crippen LogP contribution >= 0.6 is 11.6 Å². The lowest BCUT2D eigenvalue weighted by Gasteiger charge is -2.21. The van der Waals surface area contributed by atoms with Gasteiger partial charge < -0.3 is 10.1 Å². The van der Waals surface area contributed by atoms with Crippen LogP contribution in [-0.4, -0.2) is 25.8 Å². The normalized spacial score (nSPS) is 14.2. The second-order valence-electron chi connectivity index (χ2n) is 3.28. The second kappa shape index (κ2) is 8.54. The minimum absolute atomic E-state index is 0.410. The summed E-state index contributed by atoms with van der Waals surface area (Å²) in [5, 5.41) is 3.36. The molecule has 0 aromatic carbocycles. The first-order valence-corrected chi connectivity index (χ1v) is 5.22. The summed E-state index contributed by atoms with van der Waals surface area (Å²) in [4.78, 5) is 0. The molecule has 0 aliphatic heterocycles. The summed E-state index contributed by atoms with van der Waals surface area (Å²) < 4.78 is 5.37. The number of nitrogens with one attached hydrogen (secondary N) is 1. The first-order valence-electron chi connectivity index (χ1n) is 4.78. The van der Waals surface area contributed by atoms with Gasteiger partial charge in [0.05, 0.1) is 6.61 Å². The van der Waals surface area contributed by atoms with Crippen LogP contribution in [0, 0.1) is 5.92 Å². The first kappa shape index (κ1) is 12.9. The van der Waals surface area contributed by atoms with E-state index in [1.807, 2.05) is 13.0 Å². The Bertz CT molecular complexity index is 137. The number of hydrogen-bond acceptors (Lipinski definition) is 2. The van der Waals surface area contributed by atoms with Gasteiger partial charge in [0.15, 0.2) is 0 Å². The van der Waals surface area contributed by atoms with Gasteiger partial charge in [-0.05, 0) is 12.8 Å². The van der Waals surface area contributed by atoms with E-state index in [0.717, 1.165) is 19.8 Å². The predicted molar refractivity (Wildman–Crippen MR) is 58.1 cm³/mol. The second-order valence-corrected chi connectivity index (χ2v) is 3.53. The molecule has 0 saturated heterocycles. The van der Waals surface area contributed by atoms with Crippen molar-refractivity contribution in [3.05, 3.63) is 11.6 Å². The fourth-order valence-corrected chi connectivity index (χ4v) is 1.08. The van der Waals surface area contributed by atoms with Gasteiger partial charge in [-0.25, -0.2) is 0 Å². The van der Waals surface area contributed by atoms with E-state index in [1.54, 1.807) is 0 Å². The van der Waals surface area contributed by atoms with Crippen LogP contribution in [0.5, 0.6) is 0 Å². The summed E-state index contributed by atoms with van der Waals surface area (Å²) in [7, 11) is 0. The lowest BCUT2D eigenvalue weighted by atomic mass is 10.1. The predicted octanol–water partition coefficient (Wildman–Crippen LogP) is 2.39. The SMILES string of the molecule is CCOCC(NC/C=C/Cl)C(C)C. The Morgan fingerprint density at radius 1 is 1.46 bits per heavy atom. The van der Waals surface area contributed by atoms with Crippen molar-refractivity contribution in [2.24, 2.45) is 5.92 Å². The van der Waals surface area contributed by atoms with E-state index in [4.69, 9.17) is 16.3 Å². The van der Waals surface area contributed by atoms with Crippen molar-refractivity contribution in [3.8, 4) is 0 Å². The lowest BCUT2D eigenvalue weighted by molar-refractivity contribution is 0.110. The molecule has 13 heavy (non-hydrogen) atoms. The Morgan fingerprint density at radius 3 is 2.62 bits per heavy atom. The highest BCUT2D eigenvalue weighted by molar-refractivity contribution is 6.25. The number of rotatable bonds is 7. The van der Waals surface area contributed by atoms with E-state index in [2.05, 4.69) is 19.2 Å². The third kappa shape index (κ3) is 7.05. The van der Waals surface area contributed by atoms with Gasteiger partial charge in [-0.2, -0.15) is 0 Å². The molecular weight excluding hydrogens is 186 g/mol. The van der Waals surface area contributed by atoms with Crippen molar-refractivity contribution in [1.29, 1.82) is 0 Å². The molecule has 0 amide bonds. The highest BCUT2D eigenvalue weighted by Crippen LogP contribution is 2.01. The van der Waals surface area contributed by atoms with Gasteiger partial charge >= 0.3 is 0 Å². The first-order chi connectivity index (χ1) is 6.22. The van der Waals surface area contributed by atoms with Gasteiger partial charge in [0.2, 0.25) is 0 Å². The van der Waals surface area contributed by atoms with Gasteiger partial charge in [-0.3, -0.25) is 0 Å². The van der Waals surface area contributed by atoms with E-state index in [-0.39, 0.29) is 0 Å². The standard InChI is InChI=1S/C10H20ClNO/c1-4-13-8-10(9(2)3)12-7-5-6-11/h5-6,9-10,12H,4,7-8H2,1-3H3/b6-5+. The summed E-state index contributed by atoms with van der Waals surface area (Å²) >= 11 is 5.42. The molecule has 78 valence electrons. The highest BCUT2D eigenvalue weighted by Gasteiger charge is 2.11. The van der Waals surface area contributed by atoms with E-state index in [1.165, 1.54) is 5.54 Å². The summed E-state index contributed by atoms with van der Waals surface area (Å²) in [6.07, 6.45) is 1.89. The van der Waals surface area contributed by atoms with Crippen molar-refractivity contribution in [2.45, 2.75) is 26.8 Å². The zero-order valence-corrected chi connectivity index (χ0v) is 9.47.